The van der Waals surface area contributed by atoms with Crippen LogP contribution in [-0.2, 0) is 0 Å². The first kappa shape index (κ1) is 17.0. The molecule has 0 bridgehead atoms. The van der Waals surface area contributed by atoms with E-state index >= 15 is 0 Å². The number of carbonyl (C=O) groups is 1. The molecule has 2 amide bonds. The van der Waals surface area contributed by atoms with Crippen molar-refractivity contribution in [3.8, 4) is 17.0 Å². The zero-order valence-corrected chi connectivity index (χ0v) is 15.1. The largest absolute Gasteiger partial charge is 0.497 e. The average molecular weight is 353 g/mol. The second kappa shape index (κ2) is 7.36. The van der Waals surface area contributed by atoms with E-state index in [0.717, 1.165) is 17.0 Å². The topological polar surface area (TPSA) is 63.2 Å². The van der Waals surface area contributed by atoms with Crippen molar-refractivity contribution in [3.05, 3.63) is 59.0 Å². The Morgan fingerprint density at radius 1 is 1.08 bits per heavy atom. The van der Waals surface area contributed by atoms with E-state index in [1.165, 1.54) is 22.5 Å². The van der Waals surface area contributed by atoms with Crippen molar-refractivity contribution in [2.75, 3.05) is 17.7 Å². The second-order valence-corrected chi connectivity index (χ2v) is 6.52. The van der Waals surface area contributed by atoms with Gasteiger partial charge in [-0.3, -0.25) is 5.32 Å². The molecule has 3 rings (SSSR count). The summed E-state index contributed by atoms with van der Waals surface area (Å²) in [5, 5.41) is 8.04. The number of methoxy groups -OCH3 is 1. The van der Waals surface area contributed by atoms with Crippen LogP contribution in [0.25, 0.3) is 11.3 Å². The Morgan fingerprint density at radius 2 is 1.84 bits per heavy atom. The van der Waals surface area contributed by atoms with Crippen molar-refractivity contribution in [3.63, 3.8) is 0 Å². The lowest BCUT2D eigenvalue weighted by atomic mass is 10.0. The number of rotatable bonds is 4. The number of ether oxygens (including phenoxy) is 1. The zero-order chi connectivity index (χ0) is 17.8. The van der Waals surface area contributed by atoms with Crippen LogP contribution in [0, 0.1) is 13.8 Å². The van der Waals surface area contributed by atoms with E-state index in [1.807, 2.05) is 5.38 Å². The minimum Gasteiger partial charge on any atom is -0.497 e. The standard InChI is InChI=1S/C19H19N3O2S/c1-12-4-9-16(13(2)10-12)17-11-25-19(21-17)22-18(23)20-14-5-7-15(24-3)8-6-14/h4-11H,1-3H3,(H2,20,21,22,23). The van der Waals surface area contributed by atoms with Gasteiger partial charge in [-0.05, 0) is 43.7 Å². The van der Waals surface area contributed by atoms with Crippen LogP contribution in [0.5, 0.6) is 5.75 Å². The Hall–Kier alpha value is -2.86. The predicted molar refractivity (Wildman–Crippen MR) is 103 cm³/mol. The smallest absolute Gasteiger partial charge is 0.325 e. The van der Waals surface area contributed by atoms with Crippen LogP contribution >= 0.6 is 11.3 Å². The highest BCUT2D eigenvalue weighted by Gasteiger charge is 2.10. The number of carbonyl (C=O) groups excluding carboxylic acids is 1. The van der Waals surface area contributed by atoms with Crippen LogP contribution in [0.4, 0.5) is 15.6 Å². The van der Waals surface area contributed by atoms with Gasteiger partial charge < -0.3 is 10.1 Å². The molecule has 0 aliphatic rings. The first-order chi connectivity index (χ1) is 12.0. The lowest BCUT2D eigenvalue weighted by Gasteiger charge is -2.06. The summed E-state index contributed by atoms with van der Waals surface area (Å²) < 4.78 is 5.09. The van der Waals surface area contributed by atoms with Crippen molar-refractivity contribution in [2.24, 2.45) is 0 Å². The van der Waals surface area contributed by atoms with Crippen molar-refractivity contribution in [2.45, 2.75) is 13.8 Å². The van der Waals surface area contributed by atoms with Crippen LogP contribution < -0.4 is 15.4 Å². The summed E-state index contributed by atoms with van der Waals surface area (Å²) in [6.07, 6.45) is 0. The van der Waals surface area contributed by atoms with Crippen LogP contribution in [0.3, 0.4) is 0 Å². The fraction of sp³-hybridized carbons (Fsp3) is 0.158. The molecule has 0 spiro atoms. The van der Waals surface area contributed by atoms with E-state index < -0.39 is 0 Å². The molecular formula is C19H19N3O2S. The quantitative estimate of drug-likeness (QED) is 0.687. The van der Waals surface area contributed by atoms with Crippen LogP contribution in [-0.4, -0.2) is 18.1 Å². The van der Waals surface area contributed by atoms with Gasteiger partial charge in [-0.15, -0.1) is 11.3 Å². The van der Waals surface area contributed by atoms with E-state index in [4.69, 9.17) is 4.74 Å². The fourth-order valence-electron chi connectivity index (χ4n) is 2.49. The summed E-state index contributed by atoms with van der Waals surface area (Å²) in [5.41, 5.74) is 5.01. The van der Waals surface area contributed by atoms with Crippen molar-refractivity contribution >= 4 is 28.2 Å². The molecule has 2 aromatic carbocycles. The van der Waals surface area contributed by atoms with E-state index in [0.29, 0.717) is 10.8 Å². The highest BCUT2D eigenvalue weighted by atomic mass is 32.1. The van der Waals surface area contributed by atoms with Gasteiger partial charge in [0.1, 0.15) is 5.75 Å². The summed E-state index contributed by atoms with van der Waals surface area (Å²) in [7, 11) is 1.60. The van der Waals surface area contributed by atoms with Gasteiger partial charge in [-0.2, -0.15) is 0 Å². The molecule has 0 aliphatic carbocycles. The first-order valence-electron chi connectivity index (χ1n) is 7.80. The Kier molecular flexibility index (Phi) is 5.00. The molecule has 0 saturated heterocycles. The number of amides is 2. The number of benzene rings is 2. The first-order valence-corrected chi connectivity index (χ1v) is 8.68. The van der Waals surface area contributed by atoms with Gasteiger partial charge in [0.05, 0.1) is 12.8 Å². The lowest BCUT2D eigenvalue weighted by molar-refractivity contribution is 0.262. The third kappa shape index (κ3) is 4.16. The van der Waals surface area contributed by atoms with E-state index in [2.05, 4.69) is 47.7 Å². The molecule has 3 aromatic rings. The van der Waals surface area contributed by atoms with Gasteiger partial charge in [-0.25, -0.2) is 9.78 Å². The van der Waals surface area contributed by atoms with E-state index in [1.54, 1.807) is 31.4 Å². The third-order valence-electron chi connectivity index (χ3n) is 3.73. The number of aromatic nitrogens is 1. The molecule has 6 heteroatoms. The average Bonchev–Trinajstić information content (AvgIpc) is 3.03. The number of urea groups is 1. The molecular weight excluding hydrogens is 334 g/mol. The molecule has 5 nitrogen and oxygen atoms in total. The van der Waals surface area contributed by atoms with Crippen LogP contribution in [0.15, 0.2) is 47.8 Å². The number of nitrogens with zero attached hydrogens (tertiary/aromatic N) is 1. The van der Waals surface area contributed by atoms with Gasteiger partial charge in [0.25, 0.3) is 0 Å². The monoisotopic (exact) mass is 353 g/mol. The molecule has 128 valence electrons. The fourth-order valence-corrected chi connectivity index (χ4v) is 3.20. The molecule has 0 fully saturated rings. The van der Waals surface area contributed by atoms with Crippen molar-refractivity contribution in [1.29, 1.82) is 0 Å². The van der Waals surface area contributed by atoms with Gasteiger partial charge in [0, 0.05) is 16.6 Å². The second-order valence-electron chi connectivity index (χ2n) is 5.66. The Labute approximate surface area is 150 Å². The van der Waals surface area contributed by atoms with Crippen LogP contribution in [0.1, 0.15) is 11.1 Å². The maximum Gasteiger partial charge on any atom is 0.325 e. The van der Waals surface area contributed by atoms with E-state index in [9.17, 15) is 4.79 Å². The summed E-state index contributed by atoms with van der Waals surface area (Å²) >= 11 is 1.40. The lowest BCUT2D eigenvalue weighted by Crippen LogP contribution is -2.19. The SMILES string of the molecule is COc1ccc(NC(=O)Nc2nc(-c3ccc(C)cc3C)cs2)cc1. The Morgan fingerprint density at radius 3 is 2.52 bits per heavy atom. The molecule has 0 unspecified atom stereocenters. The Bertz CT molecular complexity index is 888. The maximum absolute atomic E-state index is 12.1. The molecule has 1 heterocycles. The number of anilines is 2. The molecule has 0 radical (unpaired) electrons. The third-order valence-corrected chi connectivity index (χ3v) is 4.49. The van der Waals surface area contributed by atoms with Gasteiger partial charge >= 0.3 is 6.03 Å². The summed E-state index contributed by atoms with van der Waals surface area (Å²) in [6.45, 7) is 4.12. The maximum atomic E-state index is 12.1. The molecule has 0 aliphatic heterocycles. The van der Waals surface area contributed by atoms with E-state index in [-0.39, 0.29) is 6.03 Å². The molecule has 2 N–H and O–H groups in total. The summed E-state index contributed by atoms with van der Waals surface area (Å²) in [6, 6.07) is 13.0. The number of hydrogen-bond acceptors (Lipinski definition) is 4. The molecule has 1 aromatic heterocycles. The van der Waals surface area contributed by atoms with Crippen molar-refractivity contribution in [1.82, 2.24) is 4.98 Å². The highest BCUT2D eigenvalue weighted by molar-refractivity contribution is 7.14. The number of aryl methyl sites for hydroxylation is 2. The van der Waals surface area contributed by atoms with Crippen molar-refractivity contribution < 1.29 is 9.53 Å². The zero-order valence-electron chi connectivity index (χ0n) is 14.3. The minimum atomic E-state index is -0.327. The summed E-state index contributed by atoms with van der Waals surface area (Å²) in [5.74, 6) is 0.740. The Balaban J connectivity index is 1.67. The molecule has 25 heavy (non-hydrogen) atoms. The number of hydrogen-bond donors (Lipinski definition) is 2. The van der Waals surface area contributed by atoms with Gasteiger partial charge in [-0.1, -0.05) is 23.8 Å². The number of nitrogens with one attached hydrogen (secondary N) is 2. The predicted octanol–water partition coefficient (Wildman–Crippen LogP) is 5.08. The molecule has 0 atom stereocenters. The number of thiazole rings is 1. The normalized spacial score (nSPS) is 10.4. The van der Waals surface area contributed by atoms with Crippen LogP contribution in [0.2, 0.25) is 0 Å². The molecule has 0 saturated carbocycles. The summed E-state index contributed by atoms with van der Waals surface area (Å²) in [4.78, 5) is 16.6. The van der Waals surface area contributed by atoms with Gasteiger partial charge in [0.2, 0.25) is 0 Å². The minimum absolute atomic E-state index is 0.327. The highest BCUT2D eigenvalue weighted by Crippen LogP contribution is 2.28. The van der Waals surface area contributed by atoms with Gasteiger partial charge in [0.15, 0.2) is 5.13 Å².